The zero-order valence-corrected chi connectivity index (χ0v) is 11.9. The second-order valence-electron chi connectivity index (χ2n) is 6.00. The molecule has 2 nitrogen and oxygen atoms in total. The van der Waals surface area contributed by atoms with Crippen molar-refractivity contribution in [2.75, 3.05) is 13.1 Å². The predicted molar refractivity (Wildman–Crippen MR) is 75.5 cm³/mol. The summed E-state index contributed by atoms with van der Waals surface area (Å²) in [6, 6.07) is 5.52. The number of likely N-dealkylation sites (tertiary alicyclic amines) is 1. The molecule has 3 rings (SSSR count). The third-order valence-electron chi connectivity index (χ3n) is 4.83. The Labute approximate surface area is 119 Å². The monoisotopic (exact) mass is 280 g/mol. The first kappa shape index (κ1) is 14.0. The molecule has 2 aliphatic heterocycles. The standard InChI is InChI=1S/C16H22F2N2/c1-11(12-6-7-13(17)14(18)10-12)20-9-3-5-16(20)15-4-2-8-19-15/h6-7,10-11,15-16,19H,2-5,8-9H2,1H3. The Morgan fingerprint density at radius 2 is 2.05 bits per heavy atom. The van der Waals surface area contributed by atoms with Crippen molar-refractivity contribution in [3.63, 3.8) is 0 Å². The number of rotatable bonds is 3. The van der Waals surface area contributed by atoms with Crippen LogP contribution in [0.1, 0.15) is 44.2 Å². The van der Waals surface area contributed by atoms with Gasteiger partial charge < -0.3 is 5.32 Å². The number of halogens is 2. The molecule has 0 amide bonds. The fourth-order valence-corrected chi connectivity index (χ4v) is 3.73. The molecule has 0 saturated carbocycles. The summed E-state index contributed by atoms with van der Waals surface area (Å²) in [4.78, 5) is 2.45. The molecule has 3 atom stereocenters. The maximum Gasteiger partial charge on any atom is 0.159 e. The van der Waals surface area contributed by atoms with Crippen LogP contribution < -0.4 is 5.32 Å². The zero-order chi connectivity index (χ0) is 14.1. The van der Waals surface area contributed by atoms with Crippen molar-refractivity contribution in [1.82, 2.24) is 10.2 Å². The van der Waals surface area contributed by atoms with Crippen molar-refractivity contribution in [3.05, 3.63) is 35.4 Å². The van der Waals surface area contributed by atoms with E-state index >= 15 is 0 Å². The summed E-state index contributed by atoms with van der Waals surface area (Å²) in [5.41, 5.74) is 0.869. The normalized spacial score (nSPS) is 28.9. The van der Waals surface area contributed by atoms with Crippen molar-refractivity contribution in [2.45, 2.75) is 50.7 Å². The van der Waals surface area contributed by atoms with Crippen LogP contribution in [0.2, 0.25) is 0 Å². The van der Waals surface area contributed by atoms with Gasteiger partial charge in [-0.3, -0.25) is 4.90 Å². The number of hydrogen-bond acceptors (Lipinski definition) is 2. The van der Waals surface area contributed by atoms with Gasteiger partial charge >= 0.3 is 0 Å². The highest BCUT2D eigenvalue weighted by atomic mass is 19.2. The lowest BCUT2D eigenvalue weighted by atomic mass is 10.0. The van der Waals surface area contributed by atoms with Crippen LogP contribution in [0.5, 0.6) is 0 Å². The molecule has 1 aromatic carbocycles. The highest BCUT2D eigenvalue weighted by Gasteiger charge is 2.35. The van der Waals surface area contributed by atoms with E-state index in [0.29, 0.717) is 12.1 Å². The van der Waals surface area contributed by atoms with Crippen LogP contribution in [-0.4, -0.2) is 30.1 Å². The number of nitrogens with one attached hydrogen (secondary N) is 1. The van der Waals surface area contributed by atoms with Gasteiger partial charge in [0.2, 0.25) is 0 Å². The molecule has 2 heterocycles. The molecule has 0 spiro atoms. The van der Waals surface area contributed by atoms with Crippen LogP contribution in [0.15, 0.2) is 18.2 Å². The average molecular weight is 280 g/mol. The van der Waals surface area contributed by atoms with Crippen LogP contribution in [-0.2, 0) is 0 Å². The van der Waals surface area contributed by atoms with Crippen LogP contribution in [0, 0.1) is 11.6 Å². The van der Waals surface area contributed by atoms with Crippen molar-refractivity contribution in [3.8, 4) is 0 Å². The van der Waals surface area contributed by atoms with E-state index in [9.17, 15) is 8.78 Å². The number of hydrogen-bond donors (Lipinski definition) is 1. The largest absolute Gasteiger partial charge is 0.312 e. The average Bonchev–Trinajstić information content (AvgIpc) is 3.10. The molecule has 2 saturated heterocycles. The molecule has 0 aliphatic carbocycles. The Morgan fingerprint density at radius 3 is 2.75 bits per heavy atom. The van der Waals surface area contributed by atoms with Gasteiger partial charge in [-0.1, -0.05) is 6.07 Å². The molecule has 2 aliphatic rings. The minimum Gasteiger partial charge on any atom is -0.312 e. The predicted octanol–water partition coefficient (Wildman–Crippen LogP) is 3.24. The highest BCUT2D eigenvalue weighted by molar-refractivity contribution is 5.21. The summed E-state index contributed by atoms with van der Waals surface area (Å²) in [5.74, 6) is -1.51. The van der Waals surface area contributed by atoms with Gasteiger partial charge in [0.25, 0.3) is 0 Å². The lowest BCUT2D eigenvalue weighted by Gasteiger charge is -2.34. The zero-order valence-electron chi connectivity index (χ0n) is 11.9. The molecule has 20 heavy (non-hydrogen) atoms. The second-order valence-corrected chi connectivity index (χ2v) is 6.00. The van der Waals surface area contributed by atoms with Crippen molar-refractivity contribution < 1.29 is 8.78 Å². The maximum absolute atomic E-state index is 13.4. The lowest BCUT2D eigenvalue weighted by Crippen LogP contribution is -2.44. The summed E-state index contributed by atoms with van der Waals surface area (Å²) in [6.45, 7) is 4.25. The second kappa shape index (κ2) is 5.78. The van der Waals surface area contributed by atoms with Crippen LogP contribution >= 0.6 is 0 Å². The Bertz CT molecular complexity index is 472. The molecule has 4 heteroatoms. The van der Waals surface area contributed by atoms with Gasteiger partial charge in [0.1, 0.15) is 0 Å². The summed E-state index contributed by atoms with van der Waals surface area (Å²) in [5, 5.41) is 3.58. The summed E-state index contributed by atoms with van der Waals surface area (Å²) < 4.78 is 26.5. The quantitative estimate of drug-likeness (QED) is 0.914. The number of nitrogens with zero attached hydrogens (tertiary/aromatic N) is 1. The van der Waals surface area contributed by atoms with Gasteiger partial charge in [0, 0.05) is 18.1 Å². The fraction of sp³-hybridized carbons (Fsp3) is 0.625. The van der Waals surface area contributed by atoms with Crippen LogP contribution in [0.25, 0.3) is 0 Å². The van der Waals surface area contributed by atoms with Gasteiger partial charge in [-0.15, -0.1) is 0 Å². The van der Waals surface area contributed by atoms with Crippen LogP contribution in [0.3, 0.4) is 0 Å². The highest BCUT2D eigenvalue weighted by Crippen LogP contribution is 2.33. The Hall–Kier alpha value is -1.00. The Balaban J connectivity index is 1.77. The molecule has 2 fully saturated rings. The van der Waals surface area contributed by atoms with Gasteiger partial charge in [-0.25, -0.2) is 8.78 Å². The first-order valence-electron chi connectivity index (χ1n) is 7.61. The molecule has 110 valence electrons. The smallest absolute Gasteiger partial charge is 0.159 e. The molecule has 0 aromatic heterocycles. The lowest BCUT2D eigenvalue weighted by molar-refractivity contribution is 0.163. The fourth-order valence-electron chi connectivity index (χ4n) is 3.73. The van der Waals surface area contributed by atoms with E-state index in [4.69, 9.17) is 0 Å². The molecule has 0 radical (unpaired) electrons. The molecular formula is C16H22F2N2. The Morgan fingerprint density at radius 1 is 1.20 bits per heavy atom. The van der Waals surface area contributed by atoms with Gasteiger partial charge in [-0.2, -0.15) is 0 Å². The Kier molecular flexibility index (Phi) is 4.03. The van der Waals surface area contributed by atoms with Gasteiger partial charge in [0.15, 0.2) is 11.6 Å². The van der Waals surface area contributed by atoms with Crippen LogP contribution in [0.4, 0.5) is 8.78 Å². The van der Waals surface area contributed by atoms with E-state index in [1.165, 1.54) is 37.8 Å². The third-order valence-corrected chi connectivity index (χ3v) is 4.83. The van der Waals surface area contributed by atoms with E-state index in [-0.39, 0.29) is 6.04 Å². The van der Waals surface area contributed by atoms with E-state index in [0.717, 1.165) is 18.7 Å². The van der Waals surface area contributed by atoms with Gasteiger partial charge in [-0.05, 0) is 63.4 Å². The van der Waals surface area contributed by atoms with E-state index < -0.39 is 11.6 Å². The van der Waals surface area contributed by atoms with E-state index in [1.54, 1.807) is 6.07 Å². The molecule has 1 N–H and O–H groups in total. The minimum absolute atomic E-state index is 0.139. The summed E-state index contributed by atoms with van der Waals surface area (Å²) in [7, 11) is 0. The molecule has 0 bridgehead atoms. The molecular weight excluding hydrogens is 258 g/mol. The molecule has 3 unspecified atom stereocenters. The molecule has 1 aromatic rings. The van der Waals surface area contributed by atoms with Gasteiger partial charge in [0.05, 0.1) is 0 Å². The first-order valence-corrected chi connectivity index (χ1v) is 7.61. The summed E-state index contributed by atoms with van der Waals surface area (Å²) in [6.07, 6.45) is 4.86. The first-order chi connectivity index (χ1) is 9.66. The summed E-state index contributed by atoms with van der Waals surface area (Å²) >= 11 is 0. The van der Waals surface area contributed by atoms with Crippen molar-refractivity contribution in [1.29, 1.82) is 0 Å². The van der Waals surface area contributed by atoms with E-state index in [1.807, 2.05) is 0 Å². The maximum atomic E-state index is 13.4. The third kappa shape index (κ3) is 2.59. The van der Waals surface area contributed by atoms with Crippen molar-refractivity contribution in [2.24, 2.45) is 0 Å². The van der Waals surface area contributed by atoms with E-state index in [2.05, 4.69) is 17.1 Å². The minimum atomic E-state index is -0.767. The topological polar surface area (TPSA) is 15.3 Å². The SMILES string of the molecule is CC(c1ccc(F)c(F)c1)N1CCCC1C1CCCN1. The number of benzene rings is 1. The van der Waals surface area contributed by atoms with Crippen molar-refractivity contribution >= 4 is 0 Å².